The fourth-order valence-electron chi connectivity index (χ4n) is 2.86. The highest BCUT2D eigenvalue weighted by molar-refractivity contribution is 7.92. The Morgan fingerprint density at radius 1 is 1.11 bits per heavy atom. The summed E-state index contributed by atoms with van der Waals surface area (Å²) in [5.41, 5.74) is 8.82. The fraction of sp³-hybridized carbons (Fsp3) is 0.176. The van der Waals surface area contributed by atoms with Gasteiger partial charge in [-0.3, -0.25) is 9.82 Å². The monoisotopic (exact) mass is 415 g/mol. The third-order valence-electron chi connectivity index (χ3n) is 4.06. The second-order valence-electron chi connectivity index (χ2n) is 6.30. The van der Waals surface area contributed by atoms with Crippen molar-refractivity contribution in [3.63, 3.8) is 0 Å². The standard InChI is InChI=1S/C17H17N7O2S2/c1-8-6-14(20-10(3)19-8)24-28(25,26)11-4-5-12-13(7-11)27-17(21-12)15-9(2)22-23-16(15)18/h4-7H,1-3H3,(H3,18,22,23)(H,19,20,24). The zero-order chi connectivity index (χ0) is 20.1. The number of nitrogen functional groups attached to an aromatic ring is 1. The number of aryl methyl sites for hydroxylation is 3. The molecule has 0 radical (unpaired) electrons. The van der Waals surface area contributed by atoms with Crippen LogP contribution in [0, 0.1) is 20.8 Å². The molecule has 1 aromatic carbocycles. The average Bonchev–Trinajstić information content (AvgIpc) is 3.15. The van der Waals surface area contributed by atoms with E-state index in [2.05, 4.69) is 29.9 Å². The number of benzene rings is 1. The molecule has 11 heteroatoms. The van der Waals surface area contributed by atoms with Gasteiger partial charge in [-0.1, -0.05) is 0 Å². The summed E-state index contributed by atoms with van der Waals surface area (Å²) in [7, 11) is -3.80. The maximum Gasteiger partial charge on any atom is 0.263 e. The summed E-state index contributed by atoms with van der Waals surface area (Å²) >= 11 is 1.36. The van der Waals surface area contributed by atoms with E-state index in [9.17, 15) is 8.42 Å². The highest BCUT2D eigenvalue weighted by atomic mass is 32.2. The van der Waals surface area contributed by atoms with Crippen molar-refractivity contribution in [3.05, 3.63) is 41.5 Å². The van der Waals surface area contributed by atoms with E-state index in [1.807, 2.05) is 6.92 Å². The first-order chi connectivity index (χ1) is 13.2. The first-order valence-electron chi connectivity index (χ1n) is 8.29. The van der Waals surface area contributed by atoms with E-state index in [1.54, 1.807) is 32.0 Å². The molecule has 3 heterocycles. The molecule has 0 aliphatic heterocycles. The minimum Gasteiger partial charge on any atom is -0.382 e. The Hall–Kier alpha value is -3.05. The van der Waals surface area contributed by atoms with E-state index in [0.29, 0.717) is 27.9 Å². The minimum atomic E-state index is -3.80. The van der Waals surface area contributed by atoms with Crippen molar-refractivity contribution in [2.75, 3.05) is 10.5 Å². The van der Waals surface area contributed by atoms with Crippen LogP contribution in [0.25, 0.3) is 20.8 Å². The average molecular weight is 416 g/mol. The van der Waals surface area contributed by atoms with Gasteiger partial charge in [0.05, 0.1) is 20.7 Å². The van der Waals surface area contributed by atoms with Gasteiger partial charge in [0.2, 0.25) is 0 Å². The molecule has 144 valence electrons. The summed E-state index contributed by atoms with van der Waals surface area (Å²) in [4.78, 5) is 13.0. The van der Waals surface area contributed by atoms with Crippen molar-refractivity contribution >= 4 is 43.2 Å². The molecule has 0 aliphatic carbocycles. The summed E-state index contributed by atoms with van der Waals surface area (Å²) in [6.45, 7) is 5.34. The number of anilines is 2. The Morgan fingerprint density at radius 2 is 1.89 bits per heavy atom. The van der Waals surface area contributed by atoms with Crippen molar-refractivity contribution < 1.29 is 8.42 Å². The van der Waals surface area contributed by atoms with Crippen LogP contribution in [0.15, 0.2) is 29.2 Å². The second kappa shape index (κ2) is 6.53. The van der Waals surface area contributed by atoms with E-state index < -0.39 is 10.0 Å². The van der Waals surface area contributed by atoms with Gasteiger partial charge in [-0.2, -0.15) is 5.10 Å². The van der Waals surface area contributed by atoms with Crippen molar-refractivity contribution in [1.82, 2.24) is 25.1 Å². The Labute approximate surface area is 165 Å². The number of rotatable bonds is 4. The molecule has 0 fully saturated rings. The van der Waals surface area contributed by atoms with Gasteiger partial charge in [0.15, 0.2) is 5.82 Å². The zero-order valence-electron chi connectivity index (χ0n) is 15.3. The number of H-pyrrole nitrogens is 1. The summed E-state index contributed by atoms with van der Waals surface area (Å²) < 4.78 is 28.8. The van der Waals surface area contributed by atoms with Crippen molar-refractivity contribution in [3.8, 4) is 10.6 Å². The molecule has 4 N–H and O–H groups in total. The van der Waals surface area contributed by atoms with Gasteiger partial charge >= 0.3 is 0 Å². The SMILES string of the molecule is Cc1cc(NS(=O)(=O)c2ccc3nc(-c4c(N)n[nH]c4C)sc3c2)nc(C)n1. The number of fused-ring (bicyclic) bond motifs is 1. The number of sulfonamides is 1. The Bertz CT molecular complexity index is 1270. The van der Waals surface area contributed by atoms with Crippen LogP contribution in [0.3, 0.4) is 0 Å². The molecule has 28 heavy (non-hydrogen) atoms. The van der Waals surface area contributed by atoms with E-state index in [1.165, 1.54) is 17.4 Å². The Morgan fingerprint density at radius 3 is 2.57 bits per heavy atom. The second-order valence-corrected chi connectivity index (χ2v) is 9.02. The molecule has 4 rings (SSSR count). The number of nitrogens with one attached hydrogen (secondary N) is 2. The molecular weight excluding hydrogens is 398 g/mol. The molecule has 4 aromatic rings. The smallest absolute Gasteiger partial charge is 0.263 e. The number of hydrogen-bond donors (Lipinski definition) is 3. The third-order valence-corrected chi connectivity index (χ3v) is 6.45. The number of nitrogens with zero attached hydrogens (tertiary/aromatic N) is 4. The highest BCUT2D eigenvalue weighted by Crippen LogP contribution is 2.35. The number of hydrogen-bond acceptors (Lipinski definition) is 8. The number of thiazole rings is 1. The predicted molar refractivity (Wildman–Crippen MR) is 109 cm³/mol. The summed E-state index contributed by atoms with van der Waals surface area (Å²) in [5, 5.41) is 7.49. The molecule has 9 nitrogen and oxygen atoms in total. The quantitative estimate of drug-likeness (QED) is 0.465. The summed E-state index contributed by atoms with van der Waals surface area (Å²) in [6.07, 6.45) is 0. The first kappa shape index (κ1) is 18.3. The van der Waals surface area contributed by atoms with Crippen LogP contribution in [0.2, 0.25) is 0 Å². The third kappa shape index (κ3) is 3.29. The molecule has 3 aromatic heterocycles. The topological polar surface area (TPSA) is 140 Å². The molecule has 0 saturated heterocycles. The van der Waals surface area contributed by atoms with Crippen LogP contribution >= 0.6 is 11.3 Å². The van der Waals surface area contributed by atoms with Crippen molar-refractivity contribution in [2.24, 2.45) is 0 Å². The van der Waals surface area contributed by atoms with Crippen LogP contribution in [-0.4, -0.2) is 33.6 Å². The van der Waals surface area contributed by atoms with Gasteiger partial charge in [0.25, 0.3) is 10.0 Å². The van der Waals surface area contributed by atoms with E-state index >= 15 is 0 Å². The van der Waals surface area contributed by atoms with Gasteiger partial charge in [0.1, 0.15) is 16.6 Å². The molecule has 0 bridgehead atoms. The van der Waals surface area contributed by atoms with Gasteiger partial charge in [-0.15, -0.1) is 11.3 Å². The lowest BCUT2D eigenvalue weighted by Crippen LogP contribution is -2.14. The lowest BCUT2D eigenvalue weighted by Gasteiger charge is -2.08. The van der Waals surface area contributed by atoms with Crippen LogP contribution < -0.4 is 10.5 Å². The Balaban J connectivity index is 1.72. The van der Waals surface area contributed by atoms with Gasteiger partial charge in [-0.25, -0.2) is 23.4 Å². The maximum absolute atomic E-state index is 12.8. The van der Waals surface area contributed by atoms with Crippen LogP contribution in [0.5, 0.6) is 0 Å². The van der Waals surface area contributed by atoms with E-state index in [0.717, 1.165) is 16.0 Å². The van der Waals surface area contributed by atoms with Crippen LogP contribution in [0.4, 0.5) is 11.6 Å². The molecule has 0 atom stereocenters. The van der Waals surface area contributed by atoms with Crippen molar-refractivity contribution in [2.45, 2.75) is 25.7 Å². The van der Waals surface area contributed by atoms with Gasteiger partial charge in [0, 0.05) is 17.5 Å². The lowest BCUT2D eigenvalue weighted by molar-refractivity contribution is 0.601. The zero-order valence-corrected chi connectivity index (χ0v) is 16.9. The number of nitrogens with two attached hydrogens (primary N) is 1. The Kier molecular flexibility index (Phi) is 4.27. The minimum absolute atomic E-state index is 0.126. The molecule has 0 unspecified atom stereocenters. The largest absolute Gasteiger partial charge is 0.382 e. The van der Waals surface area contributed by atoms with Gasteiger partial charge in [-0.05, 0) is 39.0 Å². The van der Waals surface area contributed by atoms with Crippen LogP contribution in [-0.2, 0) is 10.0 Å². The molecule has 0 amide bonds. The van der Waals surface area contributed by atoms with E-state index in [-0.39, 0.29) is 10.7 Å². The highest BCUT2D eigenvalue weighted by Gasteiger charge is 2.19. The van der Waals surface area contributed by atoms with Crippen LogP contribution in [0.1, 0.15) is 17.2 Å². The molecule has 0 spiro atoms. The summed E-state index contributed by atoms with van der Waals surface area (Å²) in [6, 6.07) is 6.36. The molecule has 0 aliphatic rings. The normalized spacial score (nSPS) is 11.8. The predicted octanol–water partition coefficient (Wildman–Crippen LogP) is 2.78. The number of aromatic nitrogens is 5. The molecule has 0 saturated carbocycles. The lowest BCUT2D eigenvalue weighted by atomic mass is 10.2. The van der Waals surface area contributed by atoms with Crippen molar-refractivity contribution in [1.29, 1.82) is 0 Å². The summed E-state index contributed by atoms with van der Waals surface area (Å²) in [5.74, 6) is 1.09. The molecular formula is C17H17N7O2S2. The maximum atomic E-state index is 12.8. The van der Waals surface area contributed by atoms with E-state index in [4.69, 9.17) is 5.73 Å². The van der Waals surface area contributed by atoms with Gasteiger partial charge < -0.3 is 5.73 Å². The first-order valence-corrected chi connectivity index (χ1v) is 10.6. The fourth-order valence-corrected chi connectivity index (χ4v) is 5.07. The number of aromatic amines is 1.